The first kappa shape index (κ1) is 18.8. The number of hydrogen-bond donors (Lipinski definition) is 2. The normalized spacial score (nSPS) is 20.9. The number of nitrogens with zero attached hydrogens (tertiary/aromatic N) is 2. The number of urea groups is 1. The fourth-order valence-electron chi connectivity index (χ4n) is 4.57. The van der Waals surface area contributed by atoms with Crippen LogP contribution in [0.1, 0.15) is 51.4 Å². The minimum Gasteiger partial charge on any atom is -0.371 e. The Labute approximate surface area is 165 Å². The van der Waals surface area contributed by atoms with E-state index in [9.17, 15) is 14.4 Å². The van der Waals surface area contributed by atoms with E-state index in [0.29, 0.717) is 6.42 Å². The van der Waals surface area contributed by atoms with Crippen LogP contribution in [0.25, 0.3) is 0 Å². The van der Waals surface area contributed by atoms with Gasteiger partial charge in [0.1, 0.15) is 5.54 Å². The quantitative estimate of drug-likeness (QED) is 0.739. The molecule has 0 atom stereocenters. The number of imide groups is 1. The lowest BCUT2D eigenvalue weighted by atomic mass is 9.98. The molecule has 28 heavy (non-hydrogen) atoms. The molecule has 2 heterocycles. The average Bonchev–Trinajstić information content (AvgIpc) is 3.41. The molecule has 2 aliphatic heterocycles. The molecular formula is C21H28N4O3. The van der Waals surface area contributed by atoms with Crippen molar-refractivity contribution in [2.75, 3.05) is 29.9 Å². The second kappa shape index (κ2) is 7.81. The van der Waals surface area contributed by atoms with Crippen LogP contribution >= 0.6 is 0 Å². The van der Waals surface area contributed by atoms with Crippen molar-refractivity contribution in [3.8, 4) is 0 Å². The van der Waals surface area contributed by atoms with Gasteiger partial charge in [0.15, 0.2) is 0 Å². The van der Waals surface area contributed by atoms with E-state index >= 15 is 0 Å². The second-order valence-corrected chi connectivity index (χ2v) is 8.07. The maximum atomic E-state index is 12.6. The number of benzene rings is 1. The Morgan fingerprint density at radius 2 is 1.86 bits per heavy atom. The van der Waals surface area contributed by atoms with Gasteiger partial charge in [-0.1, -0.05) is 18.9 Å². The van der Waals surface area contributed by atoms with Crippen molar-refractivity contribution >= 4 is 29.2 Å². The first-order valence-electron chi connectivity index (χ1n) is 10.4. The summed E-state index contributed by atoms with van der Waals surface area (Å²) in [7, 11) is 0. The lowest BCUT2D eigenvalue weighted by Crippen LogP contribution is -2.44. The third-order valence-corrected chi connectivity index (χ3v) is 6.09. The first-order chi connectivity index (χ1) is 13.6. The molecule has 3 aliphatic rings. The molecule has 1 aromatic carbocycles. The zero-order valence-corrected chi connectivity index (χ0v) is 16.2. The Bertz CT molecular complexity index is 767. The molecule has 0 unspecified atom stereocenters. The lowest BCUT2D eigenvalue weighted by Gasteiger charge is -2.20. The summed E-state index contributed by atoms with van der Waals surface area (Å²) in [5.41, 5.74) is 1.25. The van der Waals surface area contributed by atoms with Gasteiger partial charge in [-0.3, -0.25) is 14.5 Å². The highest BCUT2D eigenvalue weighted by Gasteiger charge is 2.52. The lowest BCUT2D eigenvalue weighted by molar-refractivity contribution is -0.131. The van der Waals surface area contributed by atoms with Gasteiger partial charge in [0.2, 0.25) is 5.91 Å². The summed E-state index contributed by atoms with van der Waals surface area (Å²) < 4.78 is 0. The number of anilines is 2. The fraction of sp³-hybridized carbons (Fsp3) is 0.571. The minimum absolute atomic E-state index is 0.0961. The van der Waals surface area contributed by atoms with E-state index in [1.807, 2.05) is 18.2 Å². The van der Waals surface area contributed by atoms with E-state index in [0.717, 1.165) is 50.1 Å². The number of amides is 4. The molecule has 0 radical (unpaired) electrons. The topological polar surface area (TPSA) is 81.8 Å². The predicted octanol–water partition coefficient (Wildman–Crippen LogP) is 2.87. The summed E-state index contributed by atoms with van der Waals surface area (Å²) in [5.74, 6) is -0.213. The molecule has 0 bridgehead atoms. The highest BCUT2D eigenvalue weighted by molar-refractivity contribution is 6.07. The van der Waals surface area contributed by atoms with Crippen LogP contribution in [0.2, 0.25) is 0 Å². The summed E-state index contributed by atoms with van der Waals surface area (Å²) in [6.07, 6.45) is 6.55. The van der Waals surface area contributed by atoms with Crippen LogP contribution in [0.3, 0.4) is 0 Å². The van der Waals surface area contributed by atoms with Crippen LogP contribution in [0.4, 0.5) is 16.2 Å². The summed E-state index contributed by atoms with van der Waals surface area (Å²) in [4.78, 5) is 40.7. The zero-order chi connectivity index (χ0) is 19.6. The first-order valence-corrected chi connectivity index (χ1v) is 10.4. The molecule has 150 valence electrons. The Morgan fingerprint density at radius 1 is 1.11 bits per heavy atom. The van der Waals surface area contributed by atoms with E-state index in [1.54, 1.807) is 0 Å². The Kier molecular flexibility index (Phi) is 5.24. The Hall–Kier alpha value is -2.57. The smallest absolute Gasteiger partial charge is 0.325 e. The molecule has 3 fully saturated rings. The van der Waals surface area contributed by atoms with Crippen molar-refractivity contribution < 1.29 is 14.4 Å². The highest BCUT2D eigenvalue weighted by Crippen LogP contribution is 2.35. The minimum atomic E-state index is -0.671. The standard InChI is InChI=1S/C21H28N4O3/c26-18(22-16-7-5-8-17(15-16)24-12-3-4-13-24)9-6-14-25-19(27)21(23-20(25)28)10-1-2-11-21/h5,7-8,15H,1-4,6,9-14H2,(H,22,26)(H,23,28). The monoisotopic (exact) mass is 384 g/mol. The van der Waals surface area contributed by atoms with Crippen molar-refractivity contribution in [3.05, 3.63) is 24.3 Å². The number of rotatable bonds is 6. The maximum Gasteiger partial charge on any atom is 0.325 e. The molecule has 1 aliphatic carbocycles. The Morgan fingerprint density at radius 3 is 2.61 bits per heavy atom. The van der Waals surface area contributed by atoms with E-state index in [4.69, 9.17) is 0 Å². The molecule has 2 N–H and O–H groups in total. The van der Waals surface area contributed by atoms with E-state index in [1.165, 1.54) is 17.7 Å². The van der Waals surface area contributed by atoms with Gasteiger partial charge in [-0.2, -0.15) is 0 Å². The third-order valence-electron chi connectivity index (χ3n) is 6.09. The highest BCUT2D eigenvalue weighted by atomic mass is 16.2. The average molecular weight is 384 g/mol. The largest absolute Gasteiger partial charge is 0.371 e. The molecule has 2 saturated heterocycles. The molecule has 4 rings (SSSR count). The number of carbonyl (C=O) groups excluding carboxylic acids is 3. The third kappa shape index (κ3) is 3.70. The van der Waals surface area contributed by atoms with Crippen LogP contribution in [-0.2, 0) is 9.59 Å². The van der Waals surface area contributed by atoms with Gasteiger partial charge >= 0.3 is 6.03 Å². The van der Waals surface area contributed by atoms with E-state index in [2.05, 4.69) is 21.6 Å². The van der Waals surface area contributed by atoms with Gasteiger partial charge in [-0.05, 0) is 50.3 Å². The van der Waals surface area contributed by atoms with Crippen LogP contribution in [0.15, 0.2) is 24.3 Å². The maximum absolute atomic E-state index is 12.6. The van der Waals surface area contributed by atoms with Gasteiger partial charge in [-0.15, -0.1) is 0 Å². The van der Waals surface area contributed by atoms with Gasteiger partial charge in [-0.25, -0.2) is 4.79 Å². The summed E-state index contributed by atoms with van der Waals surface area (Å²) in [6.45, 7) is 2.41. The van der Waals surface area contributed by atoms with E-state index < -0.39 is 5.54 Å². The fourth-order valence-corrected chi connectivity index (χ4v) is 4.57. The predicted molar refractivity (Wildman–Crippen MR) is 107 cm³/mol. The summed E-state index contributed by atoms with van der Waals surface area (Å²) >= 11 is 0. The molecule has 0 aromatic heterocycles. The SMILES string of the molecule is O=C(CCCN1C(=O)NC2(CCCC2)C1=O)Nc1cccc(N2CCCC2)c1. The number of carbonyl (C=O) groups is 3. The van der Waals surface area contributed by atoms with Gasteiger partial charge in [0.05, 0.1) is 0 Å². The summed E-state index contributed by atoms with van der Waals surface area (Å²) in [5, 5.41) is 5.80. The molecule has 7 nitrogen and oxygen atoms in total. The van der Waals surface area contributed by atoms with Crippen LogP contribution < -0.4 is 15.5 Å². The van der Waals surface area contributed by atoms with Crippen molar-refractivity contribution in [1.29, 1.82) is 0 Å². The second-order valence-electron chi connectivity index (χ2n) is 8.07. The van der Waals surface area contributed by atoms with Crippen molar-refractivity contribution in [2.45, 2.75) is 56.9 Å². The van der Waals surface area contributed by atoms with Crippen LogP contribution in [-0.4, -0.2) is 47.9 Å². The van der Waals surface area contributed by atoms with Crippen molar-refractivity contribution in [1.82, 2.24) is 10.2 Å². The molecule has 7 heteroatoms. The van der Waals surface area contributed by atoms with Gasteiger partial charge in [0.25, 0.3) is 5.91 Å². The number of nitrogens with one attached hydrogen (secondary N) is 2. The molecule has 1 spiro atoms. The zero-order valence-electron chi connectivity index (χ0n) is 16.2. The van der Waals surface area contributed by atoms with E-state index in [-0.39, 0.29) is 30.8 Å². The Balaban J connectivity index is 1.26. The summed E-state index contributed by atoms with van der Waals surface area (Å²) in [6, 6.07) is 7.60. The van der Waals surface area contributed by atoms with Crippen molar-refractivity contribution in [3.63, 3.8) is 0 Å². The number of hydrogen-bond acceptors (Lipinski definition) is 4. The van der Waals surface area contributed by atoms with Crippen LogP contribution in [0, 0.1) is 0 Å². The molecule has 1 saturated carbocycles. The molecular weight excluding hydrogens is 356 g/mol. The molecule has 4 amide bonds. The van der Waals surface area contributed by atoms with Crippen LogP contribution in [0.5, 0.6) is 0 Å². The van der Waals surface area contributed by atoms with Gasteiger partial charge in [0, 0.05) is 37.4 Å². The molecule has 1 aromatic rings. The van der Waals surface area contributed by atoms with Crippen molar-refractivity contribution in [2.24, 2.45) is 0 Å². The van der Waals surface area contributed by atoms with Gasteiger partial charge < -0.3 is 15.5 Å².